The predicted octanol–water partition coefficient (Wildman–Crippen LogP) is 4.74. The molecule has 0 saturated carbocycles. The van der Waals surface area contributed by atoms with Gasteiger partial charge in [-0.05, 0) is 23.9 Å². The lowest BCUT2D eigenvalue weighted by Crippen LogP contribution is -2.00. The Morgan fingerprint density at radius 3 is 2.21 bits per heavy atom. The van der Waals surface area contributed by atoms with E-state index in [4.69, 9.17) is 23.2 Å². The highest BCUT2D eigenvalue weighted by Gasteiger charge is 2.32. The Balaban J connectivity index is 3.13. The Morgan fingerprint density at radius 2 is 1.71 bits per heavy atom. The summed E-state index contributed by atoms with van der Waals surface area (Å²) in [5.74, 6) is -0.928. The van der Waals surface area contributed by atoms with Crippen LogP contribution in [0.2, 0.25) is 10.0 Å². The molecule has 14 heavy (non-hydrogen) atoms. The molecule has 0 aliphatic heterocycles. The molecule has 1 rings (SSSR count). The summed E-state index contributed by atoms with van der Waals surface area (Å²) in [6, 6.07) is 1.93. The largest absolute Gasteiger partial charge is 0.446 e. The standard InChI is InChI=1S/C7H2Cl2F4S/c8-3-1-2-4(10)5(9)6(3)14-7(11,12)13/h1-2H. The molecule has 0 heterocycles. The van der Waals surface area contributed by atoms with Crippen LogP contribution in [-0.2, 0) is 0 Å². The molecule has 0 nitrogen and oxygen atoms in total. The van der Waals surface area contributed by atoms with Crippen LogP contribution < -0.4 is 0 Å². The van der Waals surface area contributed by atoms with Gasteiger partial charge >= 0.3 is 5.51 Å². The highest BCUT2D eigenvalue weighted by molar-refractivity contribution is 8.00. The molecule has 0 fully saturated rings. The zero-order valence-electron chi connectivity index (χ0n) is 6.33. The topological polar surface area (TPSA) is 0 Å². The Kier molecular flexibility index (Phi) is 3.55. The van der Waals surface area contributed by atoms with E-state index in [9.17, 15) is 17.6 Å². The lowest BCUT2D eigenvalue weighted by atomic mass is 10.3. The van der Waals surface area contributed by atoms with Gasteiger partial charge < -0.3 is 0 Å². The van der Waals surface area contributed by atoms with Crippen molar-refractivity contribution in [1.29, 1.82) is 0 Å². The molecular weight excluding hydrogens is 263 g/mol. The van der Waals surface area contributed by atoms with Crippen molar-refractivity contribution in [3.63, 3.8) is 0 Å². The average molecular weight is 265 g/mol. The SMILES string of the molecule is Fc1ccc(Cl)c(SC(F)(F)F)c1Cl. The molecule has 7 heteroatoms. The fourth-order valence-corrected chi connectivity index (χ4v) is 1.90. The van der Waals surface area contributed by atoms with Crippen molar-refractivity contribution >= 4 is 35.0 Å². The molecule has 1 aromatic carbocycles. The van der Waals surface area contributed by atoms with Crippen LogP contribution in [0.5, 0.6) is 0 Å². The molecular formula is C7H2Cl2F4S. The average Bonchev–Trinajstić information content (AvgIpc) is 2.04. The molecule has 0 saturated heterocycles. The third-order valence-electron chi connectivity index (χ3n) is 1.22. The van der Waals surface area contributed by atoms with Gasteiger partial charge in [-0.15, -0.1) is 0 Å². The van der Waals surface area contributed by atoms with E-state index >= 15 is 0 Å². The molecule has 1 aromatic rings. The van der Waals surface area contributed by atoms with Crippen LogP contribution in [0, 0.1) is 5.82 Å². The van der Waals surface area contributed by atoms with E-state index in [-0.39, 0.29) is 5.02 Å². The van der Waals surface area contributed by atoms with Gasteiger partial charge in [0.2, 0.25) is 0 Å². The minimum atomic E-state index is -4.54. The van der Waals surface area contributed by atoms with Gasteiger partial charge in [0.15, 0.2) is 0 Å². The number of alkyl halides is 3. The van der Waals surface area contributed by atoms with Crippen LogP contribution >= 0.6 is 35.0 Å². The third kappa shape index (κ3) is 2.93. The van der Waals surface area contributed by atoms with Crippen LogP contribution in [0.25, 0.3) is 0 Å². The first-order valence-electron chi connectivity index (χ1n) is 3.20. The molecule has 0 aliphatic carbocycles. The number of rotatable bonds is 1. The number of halogens is 6. The van der Waals surface area contributed by atoms with Crippen LogP contribution in [-0.4, -0.2) is 5.51 Å². The van der Waals surface area contributed by atoms with Gasteiger partial charge in [-0.1, -0.05) is 23.2 Å². The maximum Gasteiger partial charge on any atom is 0.446 e. The second kappa shape index (κ2) is 4.16. The minimum Gasteiger partial charge on any atom is -0.205 e. The van der Waals surface area contributed by atoms with Gasteiger partial charge in [0.25, 0.3) is 0 Å². The molecule has 0 spiro atoms. The zero-order chi connectivity index (χ0) is 10.9. The summed E-state index contributed by atoms with van der Waals surface area (Å²) in [6.45, 7) is 0. The maximum absolute atomic E-state index is 12.8. The van der Waals surface area contributed by atoms with Crippen molar-refractivity contribution in [2.45, 2.75) is 10.4 Å². The van der Waals surface area contributed by atoms with Gasteiger partial charge in [-0.2, -0.15) is 13.2 Å². The highest BCUT2D eigenvalue weighted by atomic mass is 35.5. The van der Waals surface area contributed by atoms with Crippen molar-refractivity contribution in [3.8, 4) is 0 Å². The summed E-state index contributed by atoms with van der Waals surface area (Å²) in [5.41, 5.74) is -4.54. The van der Waals surface area contributed by atoms with Gasteiger partial charge in [0.05, 0.1) is 14.9 Å². The summed E-state index contributed by atoms with van der Waals surface area (Å²) in [6.07, 6.45) is 0. The molecule has 0 atom stereocenters. The predicted molar refractivity (Wildman–Crippen MR) is 48.3 cm³/mol. The Morgan fingerprint density at radius 1 is 1.14 bits per heavy atom. The maximum atomic E-state index is 12.8. The number of hydrogen-bond acceptors (Lipinski definition) is 1. The van der Waals surface area contributed by atoms with E-state index in [2.05, 4.69) is 0 Å². The fraction of sp³-hybridized carbons (Fsp3) is 0.143. The monoisotopic (exact) mass is 264 g/mol. The normalized spacial score (nSPS) is 11.9. The second-order valence-electron chi connectivity index (χ2n) is 2.22. The van der Waals surface area contributed by atoms with Crippen LogP contribution in [0.15, 0.2) is 17.0 Å². The first kappa shape index (κ1) is 11.9. The molecule has 0 amide bonds. The smallest absolute Gasteiger partial charge is 0.205 e. The molecule has 0 aromatic heterocycles. The van der Waals surface area contributed by atoms with Crippen LogP contribution in [0.4, 0.5) is 17.6 Å². The Hall–Kier alpha value is -0.130. The van der Waals surface area contributed by atoms with E-state index in [1.807, 2.05) is 0 Å². The molecule has 0 N–H and O–H groups in total. The van der Waals surface area contributed by atoms with Crippen molar-refractivity contribution in [1.82, 2.24) is 0 Å². The third-order valence-corrected chi connectivity index (χ3v) is 2.99. The van der Waals surface area contributed by atoms with E-state index in [0.717, 1.165) is 12.1 Å². The lowest BCUT2D eigenvalue weighted by molar-refractivity contribution is -0.0328. The molecule has 0 radical (unpaired) electrons. The van der Waals surface area contributed by atoms with E-state index in [1.54, 1.807) is 0 Å². The highest BCUT2D eigenvalue weighted by Crippen LogP contribution is 2.44. The molecule has 0 unspecified atom stereocenters. The minimum absolute atomic E-state index is 0.223. The molecule has 0 aliphatic rings. The Bertz CT molecular complexity index is 350. The summed E-state index contributed by atoms with van der Waals surface area (Å²) in [4.78, 5) is -0.513. The Labute approximate surface area is 91.2 Å². The number of thioether (sulfide) groups is 1. The van der Waals surface area contributed by atoms with Crippen molar-refractivity contribution in [2.75, 3.05) is 0 Å². The number of hydrogen-bond donors (Lipinski definition) is 0. The molecule has 0 bridgehead atoms. The first-order valence-corrected chi connectivity index (χ1v) is 4.78. The van der Waals surface area contributed by atoms with E-state index < -0.39 is 33.0 Å². The van der Waals surface area contributed by atoms with Crippen molar-refractivity contribution in [2.24, 2.45) is 0 Å². The van der Waals surface area contributed by atoms with Gasteiger partial charge in [0.1, 0.15) is 5.82 Å². The second-order valence-corrected chi connectivity index (χ2v) is 4.08. The fourth-order valence-electron chi connectivity index (χ4n) is 0.718. The van der Waals surface area contributed by atoms with Gasteiger partial charge in [-0.3, -0.25) is 0 Å². The van der Waals surface area contributed by atoms with Gasteiger partial charge in [0, 0.05) is 0 Å². The van der Waals surface area contributed by atoms with Gasteiger partial charge in [-0.25, -0.2) is 4.39 Å². The lowest BCUT2D eigenvalue weighted by Gasteiger charge is -2.09. The molecule has 78 valence electrons. The quantitative estimate of drug-likeness (QED) is 0.401. The summed E-state index contributed by atoms with van der Waals surface area (Å²) in [5, 5.41) is -0.835. The zero-order valence-corrected chi connectivity index (χ0v) is 8.66. The number of benzene rings is 1. The summed E-state index contributed by atoms with van der Waals surface area (Å²) in [7, 11) is 0. The summed E-state index contributed by atoms with van der Waals surface area (Å²) < 4.78 is 48.6. The van der Waals surface area contributed by atoms with Crippen molar-refractivity contribution < 1.29 is 17.6 Å². The first-order chi connectivity index (χ1) is 6.31. The van der Waals surface area contributed by atoms with E-state index in [1.165, 1.54) is 0 Å². The van der Waals surface area contributed by atoms with Crippen LogP contribution in [0.3, 0.4) is 0 Å². The van der Waals surface area contributed by atoms with E-state index in [0.29, 0.717) is 0 Å². The van der Waals surface area contributed by atoms with Crippen molar-refractivity contribution in [3.05, 3.63) is 28.0 Å². The summed E-state index contributed by atoms with van der Waals surface area (Å²) >= 11 is 10.2. The van der Waals surface area contributed by atoms with Crippen LogP contribution in [0.1, 0.15) is 0 Å².